The Kier molecular flexibility index (Phi) is 4.22. The number of urea groups is 1. The van der Waals surface area contributed by atoms with Crippen molar-refractivity contribution in [3.8, 4) is 11.5 Å². The van der Waals surface area contributed by atoms with Gasteiger partial charge in [-0.2, -0.15) is 0 Å². The van der Waals surface area contributed by atoms with E-state index in [1.165, 1.54) is 0 Å². The number of hydrogen-bond donors (Lipinski definition) is 2. The maximum atomic E-state index is 12.9. The minimum Gasteiger partial charge on any atom is -0.459 e. The van der Waals surface area contributed by atoms with E-state index < -0.39 is 12.0 Å². The fourth-order valence-corrected chi connectivity index (χ4v) is 3.79. The maximum absolute atomic E-state index is 12.9. The van der Waals surface area contributed by atoms with Crippen molar-refractivity contribution in [2.75, 3.05) is 6.79 Å². The van der Waals surface area contributed by atoms with E-state index in [1.54, 1.807) is 19.1 Å². The zero-order valence-electron chi connectivity index (χ0n) is 14.8. The molecule has 4 rings (SSSR count). The van der Waals surface area contributed by atoms with Crippen molar-refractivity contribution in [3.05, 3.63) is 35.0 Å². The molecule has 2 heterocycles. The highest BCUT2D eigenvalue weighted by Crippen LogP contribution is 2.37. The number of nitrogens with one attached hydrogen (secondary N) is 2. The van der Waals surface area contributed by atoms with E-state index >= 15 is 0 Å². The van der Waals surface area contributed by atoms with Crippen LogP contribution in [0.1, 0.15) is 44.7 Å². The lowest BCUT2D eigenvalue weighted by atomic mass is 9.95. The zero-order chi connectivity index (χ0) is 18.3. The number of rotatable bonds is 3. The van der Waals surface area contributed by atoms with E-state index in [1.807, 2.05) is 6.07 Å². The van der Waals surface area contributed by atoms with E-state index in [2.05, 4.69) is 17.6 Å². The van der Waals surface area contributed by atoms with Crippen molar-refractivity contribution in [2.45, 2.75) is 45.3 Å². The molecule has 7 heteroatoms. The van der Waals surface area contributed by atoms with Crippen LogP contribution in [0.5, 0.6) is 11.5 Å². The average Bonchev–Trinajstić information content (AvgIpc) is 3.22. The molecule has 1 aliphatic carbocycles. The van der Waals surface area contributed by atoms with Gasteiger partial charge in [0, 0.05) is 5.70 Å². The SMILES string of the molecule is CC1=C(C(=O)OC2CCCC2C)C(c2ccc3c(c2)OCO3)NC(=O)N1. The largest absolute Gasteiger partial charge is 0.459 e. The number of amides is 2. The fourth-order valence-electron chi connectivity index (χ4n) is 3.79. The minimum atomic E-state index is -0.595. The molecule has 0 radical (unpaired) electrons. The number of esters is 1. The Hall–Kier alpha value is -2.70. The lowest BCUT2D eigenvalue weighted by Crippen LogP contribution is -2.45. The zero-order valence-corrected chi connectivity index (χ0v) is 14.8. The molecule has 0 bridgehead atoms. The van der Waals surface area contributed by atoms with Gasteiger partial charge in [0.15, 0.2) is 11.5 Å². The van der Waals surface area contributed by atoms with Gasteiger partial charge in [-0.15, -0.1) is 0 Å². The Morgan fingerprint density at radius 2 is 2.04 bits per heavy atom. The highest BCUT2D eigenvalue weighted by atomic mass is 16.7. The average molecular weight is 358 g/mol. The van der Waals surface area contributed by atoms with Crippen LogP contribution in [0, 0.1) is 5.92 Å². The predicted molar refractivity (Wildman–Crippen MR) is 92.6 cm³/mol. The molecule has 1 aromatic carbocycles. The molecule has 1 fully saturated rings. The van der Waals surface area contributed by atoms with Gasteiger partial charge < -0.3 is 24.8 Å². The van der Waals surface area contributed by atoms with Crippen molar-refractivity contribution >= 4 is 12.0 Å². The van der Waals surface area contributed by atoms with Gasteiger partial charge in [-0.3, -0.25) is 0 Å². The van der Waals surface area contributed by atoms with E-state index in [0.29, 0.717) is 28.7 Å². The molecular weight excluding hydrogens is 336 g/mol. The number of allylic oxidation sites excluding steroid dienone is 1. The Labute approximate surface area is 151 Å². The second-order valence-electron chi connectivity index (χ2n) is 7.03. The smallest absolute Gasteiger partial charge is 0.338 e. The summed E-state index contributed by atoms with van der Waals surface area (Å²) in [5, 5.41) is 5.49. The van der Waals surface area contributed by atoms with Gasteiger partial charge in [-0.05, 0) is 49.8 Å². The quantitative estimate of drug-likeness (QED) is 0.812. The Balaban J connectivity index is 1.64. The van der Waals surface area contributed by atoms with Gasteiger partial charge in [-0.25, -0.2) is 9.59 Å². The molecule has 0 aromatic heterocycles. The van der Waals surface area contributed by atoms with Gasteiger partial charge in [0.2, 0.25) is 6.79 Å². The van der Waals surface area contributed by atoms with Gasteiger partial charge in [0.1, 0.15) is 6.10 Å². The van der Waals surface area contributed by atoms with Crippen LogP contribution in [0.3, 0.4) is 0 Å². The normalized spacial score (nSPS) is 27.2. The summed E-state index contributed by atoms with van der Waals surface area (Å²) in [4.78, 5) is 24.9. The molecule has 1 aromatic rings. The third-order valence-electron chi connectivity index (χ3n) is 5.26. The summed E-state index contributed by atoms with van der Waals surface area (Å²) in [6.45, 7) is 3.98. The molecule has 2 amide bonds. The first-order chi connectivity index (χ1) is 12.5. The van der Waals surface area contributed by atoms with Gasteiger partial charge in [-0.1, -0.05) is 13.0 Å². The second kappa shape index (κ2) is 6.55. The summed E-state index contributed by atoms with van der Waals surface area (Å²) in [6, 6.07) is 4.45. The number of carbonyl (C=O) groups is 2. The highest BCUT2D eigenvalue weighted by Gasteiger charge is 2.35. The summed E-state index contributed by atoms with van der Waals surface area (Å²) in [6.07, 6.45) is 2.94. The van der Waals surface area contributed by atoms with E-state index in [-0.39, 0.29) is 18.9 Å². The van der Waals surface area contributed by atoms with Crippen LogP contribution in [0.2, 0.25) is 0 Å². The summed E-state index contributed by atoms with van der Waals surface area (Å²) < 4.78 is 16.5. The number of hydrogen-bond acceptors (Lipinski definition) is 5. The lowest BCUT2D eigenvalue weighted by Gasteiger charge is -2.29. The van der Waals surface area contributed by atoms with E-state index in [9.17, 15) is 9.59 Å². The molecule has 2 N–H and O–H groups in total. The van der Waals surface area contributed by atoms with E-state index in [4.69, 9.17) is 14.2 Å². The fraction of sp³-hybridized carbons (Fsp3) is 0.474. The molecule has 3 unspecified atom stereocenters. The molecule has 7 nitrogen and oxygen atoms in total. The van der Waals surface area contributed by atoms with Crippen molar-refractivity contribution in [1.29, 1.82) is 0 Å². The van der Waals surface area contributed by atoms with Crippen LogP contribution in [-0.4, -0.2) is 24.9 Å². The van der Waals surface area contributed by atoms with Crippen LogP contribution in [0.15, 0.2) is 29.5 Å². The molecule has 3 atom stereocenters. The molecule has 1 saturated carbocycles. The van der Waals surface area contributed by atoms with Crippen molar-refractivity contribution < 1.29 is 23.8 Å². The van der Waals surface area contributed by atoms with Crippen LogP contribution in [-0.2, 0) is 9.53 Å². The number of ether oxygens (including phenoxy) is 3. The summed E-state index contributed by atoms with van der Waals surface area (Å²) >= 11 is 0. The van der Waals surface area contributed by atoms with Crippen LogP contribution >= 0.6 is 0 Å². The van der Waals surface area contributed by atoms with Gasteiger partial charge >= 0.3 is 12.0 Å². The standard InChI is InChI=1S/C19H22N2O5/c1-10-4-3-5-13(10)26-18(22)16-11(2)20-19(23)21-17(16)12-6-7-14-15(8-12)25-9-24-14/h6-8,10,13,17H,3-5,9H2,1-2H3,(H2,20,21,23). The van der Waals surface area contributed by atoms with Crippen LogP contribution in [0.4, 0.5) is 4.79 Å². The van der Waals surface area contributed by atoms with Gasteiger partial charge in [0.05, 0.1) is 11.6 Å². The van der Waals surface area contributed by atoms with Crippen molar-refractivity contribution in [1.82, 2.24) is 10.6 Å². The Bertz CT molecular complexity index is 788. The van der Waals surface area contributed by atoms with Crippen LogP contribution < -0.4 is 20.1 Å². The molecular formula is C19H22N2O5. The first-order valence-corrected chi connectivity index (χ1v) is 8.91. The Morgan fingerprint density at radius 3 is 2.81 bits per heavy atom. The first kappa shape index (κ1) is 16.8. The molecule has 0 saturated heterocycles. The monoisotopic (exact) mass is 358 g/mol. The summed E-state index contributed by atoms with van der Waals surface area (Å²) in [5.41, 5.74) is 1.67. The molecule has 138 valence electrons. The van der Waals surface area contributed by atoms with Gasteiger partial charge in [0.25, 0.3) is 0 Å². The third kappa shape index (κ3) is 2.98. The predicted octanol–water partition coefficient (Wildman–Crippen LogP) is 2.78. The Morgan fingerprint density at radius 1 is 1.23 bits per heavy atom. The van der Waals surface area contributed by atoms with Crippen LogP contribution in [0.25, 0.3) is 0 Å². The molecule has 3 aliphatic rings. The second-order valence-corrected chi connectivity index (χ2v) is 7.03. The lowest BCUT2D eigenvalue weighted by molar-refractivity contribution is -0.146. The molecule has 2 aliphatic heterocycles. The van der Waals surface area contributed by atoms with Crippen molar-refractivity contribution in [3.63, 3.8) is 0 Å². The molecule has 0 spiro atoms. The number of benzene rings is 1. The van der Waals surface area contributed by atoms with E-state index in [0.717, 1.165) is 24.8 Å². The number of fused-ring (bicyclic) bond motifs is 1. The molecule has 26 heavy (non-hydrogen) atoms. The highest BCUT2D eigenvalue weighted by molar-refractivity contribution is 5.95. The maximum Gasteiger partial charge on any atom is 0.338 e. The minimum absolute atomic E-state index is 0.0715. The third-order valence-corrected chi connectivity index (χ3v) is 5.26. The topological polar surface area (TPSA) is 85.9 Å². The van der Waals surface area contributed by atoms with Crippen molar-refractivity contribution in [2.24, 2.45) is 5.92 Å². The number of carbonyl (C=O) groups excluding carboxylic acids is 2. The first-order valence-electron chi connectivity index (χ1n) is 8.91. The summed E-state index contributed by atoms with van der Waals surface area (Å²) in [7, 11) is 0. The summed E-state index contributed by atoms with van der Waals surface area (Å²) in [5.74, 6) is 1.22.